The highest BCUT2D eigenvalue weighted by molar-refractivity contribution is 6.22. The fourth-order valence-corrected chi connectivity index (χ4v) is 2.13. The molecule has 0 fully saturated rings. The third-order valence-corrected chi connectivity index (χ3v) is 3.46. The molecule has 0 aliphatic rings. The van der Waals surface area contributed by atoms with Crippen molar-refractivity contribution in [1.29, 1.82) is 0 Å². The second-order valence-electron chi connectivity index (χ2n) is 4.51. The smallest absolute Gasteiger partial charge is 0.206 e. The van der Waals surface area contributed by atoms with Gasteiger partial charge in [0.2, 0.25) is 0 Å². The van der Waals surface area contributed by atoms with Gasteiger partial charge in [0, 0.05) is 0 Å². The molecule has 2 aromatic carbocycles. The number of benzene rings is 2. The highest BCUT2D eigenvalue weighted by Crippen LogP contribution is 2.36. The molecule has 0 spiro atoms. The minimum Gasteiger partial charge on any atom is -0.206 e. The largest absolute Gasteiger partial charge is 0.419 e. The maximum absolute atomic E-state index is 13.2. The second-order valence-corrected chi connectivity index (χ2v) is 4.95. The monoisotopic (exact) mass is 302 g/mol. The normalized spacial score (nSPS) is 13.3. The van der Waals surface area contributed by atoms with Crippen LogP contribution in [-0.4, -0.2) is 0 Å². The van der Waals surface area contributed by atoms with Gasteiger partial charge in [0.15, 0.2) is 0 Å². The molecule has 0 aliphatic heterocycles. The lowest BCUT2D eigenvalue weighted by Gasteiger charge is -2.14. The molecular formula is C15H11ClF4. The van der Waals surface area contributed by atoms with Crippen molar-refractivity contribution in [3.05, 3.63) is 70.5 Å². The fourth-order valence-electron chi connectivity index (χ4n) is 1.85. The Morgan fingerprint density at radius 1 is 0.950 bits per heavy atom. The molecule has 2 aromatic rings. The average molecular weight is 303 g/mol. The van der Waals surface area contributed by atoms with Gasteiger partial charge in [-0.2, -0.15) is 13.2 Å². The molecule has 0 amide bonds. The first kappa shape index (κ1) is 14.9. The Morgan fingerprint density at radius 2 is 1.50 bits per heavy atom. The van der Waals surface area contributed by atoms with Gasteiger partial charge in [0.1, 0.15) is 5.82 Å². The molecule has 106 valence electrons. The first-order valence-corrected chi connectivity index (χ1v) is 6.30. The number of aryl methyl sites for hydroxylation is 1. The molecule has 5 heteroatoms. The van der Waals surface area contributed by atoms with Crippen molar-refractivity contribution < 1.29 is 17.6 Å². The van der Waals surface area contributed by atoms with Crippen LogP contribution in [0.2, 0.25) is 0 Å². The molecule has 0 N–H and O–H groups in total. The van der Waals surface area contributed by atoms with E-state index in [-0.39, 0.29) is 5.56 Å². The quantitative estimate of drug-likeness (QED) is 0.509. The van der Waals surface area contributed by atoms with Crippen LogP contribution in [0.1, 0.15) is 27.6 Å². The zero-order valence-corrected chi connectivity index (χ0v) is 11.3. The van der Waals surface area contributed by atoms with Gasteiger partial charge in [0.05, 0.1) is 10.9 Å². The van der Waals surface area contributed by atoms with Crippen LogP contribution >= 0.6 is 11.6 Å². The Hall–Kier alpha value is -1.55. The van der Waals surface area contributed by atoms with E-state index in [1.54, 1.807) is 12.1 Å². The lowest BCUT2D eigenvalue weighted by Crippen LogP contribution is -2.09. The van der Waals surface area contributed by atoms with Gasteiger partial charge in [-0.1, -0.05) is 35.9 Å². The average Bonchev–Trinajstić information content (AvgIpc) is 2.38. The van der Waals surface area contributed by atoms with Crippen LogP contribution in [0.25, 0.3) is 0 Å². The van der Waals surface area contributed by atoms with Crippen molar-refractivity contribution in [1.82, 2.24) is 0 Å². The maximum Gasteiger partial charge on any atom is 0.419 e. The summed E-state index contributed by atoms with van der Waals surface area (Å²) in [6.45, 7) is 1.90. The Kier molecular flexibility index (Phi) is 4.04. The fraction of sp³-hybridized carbons (Fsp3) is 0.200. The van der Waals surface area contributed by atoms with E-state index in [1.165, 1.54) is 6.07 Å². The summed E-state index contributed by atoms with van der Waals surface area (Å²) in [6.07, 6.45) is -4.73. The molecule has 0 heterocycles. The van der Waals surface area contributed by atoms with Crippen LogP contribution < -0.4 is 0 Å². The Bertz CT molecular complexity index is 602. The predicted octanol–water partition coefficient (Wildman–Crippen LogP) is 5.48. The van der Waals surface area contributed by atoms with Crippen molar-refractivity contribution >= 4 is 11.6 Å². The van der Waals surface area contributed by atoms with Gasteiger partial charge in [0.25, 0.3) is 0 Å². The minimum absolute atomic E-state index is 0.212. The van der Waals surface area contributed by atoms with Crippen molar-refractivity contribution in [2.75, 3.05) is 0 Å². The van der Waals surface area contributed by atoms with Gasteiger partial charge >= 0.3 is 6.18 Å². The number of hydrogen-bond donors (Lipinski definition) is 0. The molecule has 0 saturated heterocycles. The summed E-state index contributed by atoms with van der Waals surface area (Å²) in [5.41, 5.74) is 0.599. The van der Waals surface area contributed by atoms with E-state index < -0.39 is 22.9 Å². The summed E-state index contributed by atoms with van der Waals surface area (Å²) in [5, 5.41) is -0.753. The summed E-state index contributed by atoms with van der Waals surface area (Å²) in [6, 6.07) is 9.93. The first-order valence-electron chi connectivity index (χ1n) is 5.86. The Balaban J connectivity index is 2.40. The van der Waals surface area contributed by atoms with E-state index in [0.717, 1.165) is 17.7 Å². The van der Waals surface area contributed by atoms with E-state index in [2.05, 4.69) is 0 Å². The summed E-state index contributed by atoms with van der Waals surface area (Å²) in [5.74, 6) is -1.30. The summed E-state index contributed by atoms with van der Waals surface area (Å²) in [7, 11) is 0. The van der Waals surface area contributed by atoms with Crippen LogP contribution in [0.3, 0.4) is 0 Å². The SMILES string of the molecule is Cc1ccc(C(Cl)c2ccc(F)c(C(F)(F)F)c2)cc1. The number of hydrogen-bond acceptors (Lipinski definition) is 0. The molecule has 1 unspecified atom stereocenters. The highest BCUT2D eigenvalue weighted by atomic mass is 35.5. The third kappa shape index (κ3) is 3.12. The zero-order chi connectivity index (χ0) is 14.9. The first-order chi connectivity index (χ1) is 9.29. The standard InChI is InChI=1S/C15H11ClF4/c1-9-2-4-10(5-3-9)14(16)11-6-7-13(17)12(8-11)15(18,19)20/h2-8,14H,1H3. The van der Waals surface area contributed by atoms with Crippen LogP contribution in [-0.2, 0) is 6.18 Å². The molecular weight excluding hydrogens is 292 g/mol. The molecule has 1 atom stereocenters. The van der Waals surface area contributed by atoms with Gasteiger partial charge < -0.3 is 0 Å². The molecule has 0 saturated carbocycles. The van der Waals surface area contributed by atoms with Crippen molar-refractivity contribution in [2.45, 2.75) is 18.5 Å². The second kappa shape index (κ2) is 5.44. The lowest BCUT2D eigenvalue weighted by atomic mass is 10.0. The van der Waals surface area contributed by atoms with Crippen molar-refractivity contribution in [3.63, 3.8) is 0 Å². The third-order valence-electron chi connectivity index (χ3n) is 2.96. The van der Waals surface area contributed by atoms with Gasteiger partial charge in [-0.15, -0.1) is 11.6 Å². The molecule has 2 rings (SSSR count). The Labute approximate surface area is 119 Å². The van der Waals surface area contributed by atoms with Gasteiger partial charge in [-0.05, 0) is 30.2 Å². The van der Waals surface area contributed by atoms with Crippen molar-refractivity contribution in [3.8, 4) is 0 Å². The number of halogens is 5. The van der Waals surface area contributed by atoms with E-state index >= 15 is 0 Å². The number of alkyl halides is 4. The zero-order valence-electron chi connectivity index (χ0n) is 10.5. The van der Waals surface area contributed by atoms with E-state index in [1.807, 2.05) is 19.1 Å². The summed E-state index contributed by atoms with van der Waals surface area (Å²) in [4.78, 5) is 0. The predicted molar refractivity (Wildman–Crippen MR) is 70.3 cm³/mol. The lowest BCUT2D eigenvalue weighted by molar-refractivity contribution is -0.140. The highest BCUT2D eigenvalue weighted by Gasteiger charge is 2.34. The van der Waals surface area contributed by atoms with Crippen LogP contribution in [0, 0.1) is 12.7 Å². The molecule has 0 nitrogen and oxygen atoms in total. The maximum atomic E-state index is 13.2. The van der Waals surface area contributed by atoms with Crippen molar-refractivity contribution in [2.24, 2.45) is 0 Å². The van der Waals surface area contributed by atoms with Crippen LogP contribution in [0.15, 0.2) is 42.5 Å². The minimum atomic E-state index is -4.73. The van der Waals surface area contributed by atoms with E-state index in [0.29, 0.717) is 5.56 Å². The molecule has 0 radical (unpaired) electrons. The summed E-state index contributed by atoms with van der Waals surface area (Å²) < 4.78 is 51.2. The topological polar surface area (TPSA) is 0 Å². The molecule has 20 heavy (non-hydrogen) atoms. The molecule has 0 aliphatic carbocycles. The number of rotatable bonds is 2. The van der Waals surface area contributed by atoms with E-state index in [4.69, 9.17) is 11.6 Å². The van der Waals surface area contributed by atoms with Gasteiger partial charge in [-0.3, -0.25) is 0 Å². The molecule has 0 aromatic heterocycles. The van der Waals surface area contributed by atoms with E-state index in [9.17, 15) is 17.6 Å². The van der Waals surface area contributed by atoms with Gasteiger partial charge in [-0.25, -0.2) is 4.39 Å². The Morgan fingerprint density at radius 3 is 2.05 bits per heavy atom. The summed E-state index contributed by atoms with van der Waals surface area (Å²) >= 11 is 6.17. The van der Waals surface area contributed by atoms with Crippen LogP contribution in [0.5, 0.6) is 0 Å². The molecule has 0 bridgehead atoms. The van der Waals surface area contributed by atoms with Crippen LogP contribution in [0.4, 0.5) is 17.6 Å².